The van der Waals surface area contributed by atoms with Crippen molar-refractivity contribution in [2.45, 2.75) is 6.10 Å². The summed E-state index contributed by atoms with van der Waals surface area (Å²) in [5.74, 6) is 0.462. The molecule has 142 valence electrons. The van der Waals surface area contributed by atoms with Gasteiger partial charge in [0.25, 0.3) is 11.8 Å². The number of benzene rings is 2. The van der Waals surface area contributed by atoms with Gasteiger partial charge in [-0.1, -0.05) is 17.2 Å². The number of carbonyl (C=O) groups is 2. The van der Waals surface area contributed by atoms with E-state index in [1.807, 2.05) is 12.1 Å². The van der Waals surface area contributed by atoms with E-state index in [9.17, 15) is 9.59 Å². The Kier molecular flexibility index (Phi) is 4.63. The van der Waals surface area contributed by atoms with Gasteiger partial charge < -0.3 is 18.6 Å². The lowest BCUT2D eigenvalue weighted by Gasteiger charge is -2.23. The molecule has 1 atom stereocenters. The van der Waals surface area contributed by atoms with Crippen LogP contribution in [0.4, 0.5) is 6.01 Å². The molecule has 1 aliphatic rings. The zero-order valence-corrected chi connectivity index (χ0v) is 14.7. The van der Waals surface area contributed by atoms with E-state index in [0.717, 1.165) is 0 Å². The Hall–Kier alpha value is -3.88. The summed E-state index contributed by atoms with van der Waals surface area (Å²) in [6.07, 6.45) is -0.576. The van der Waals surface area contributed by atoms with Gasteiger partial charge in [-0.2, -0.15) is 0 Å². The van der Waals surface area contributed by atoms with Gasteiger partial charge in [0.1, 0.15) is 6.61 Å². The monoisotopic (exact) mass is 381 g/mol. The highest BCUT2D eigenvalue weighted by Crippen LogP contribution is 2.35. The summed E-state index contributed by atoms with van der Waals surface area (Å²) in [4.78, 5) is 23.7. The third-order valence-corrected chi connectivity index (χ3v) is 4.01. The van der Waals surface area contributed by atoms with Gasteiger partial charge in [-0.15, -0.1) is 5.10 Å². The van der Waals surface area contributed by atoms with Crippen LogP contribution in [0, 0.1) is 0 Å². The fourth-order valence-corrected chi connectivity index (χ4v) is 2.60. The number of hydrogen-bond donors (Lipinski definition) is 1. The van der Waals surface area contributed by atoms with Crippen molar-refractivity contribution in [1.82, 2.24) is 10.2 Å². The average Bonchev–Trinajstić information content (AvgIpc) is 3.21. The van der Waals surface area contributed by atoms with Crippen LogP contribution in [0.15, 0.2) is 52.9 Å². The summed E-state index contributed by atoms with van der Waals surface area (Å²) in [5, 5.41) is 10.2. The van der Waals surface area contributed by atoms with Gasteiger partial charge in [-0.05, 0) is 36.4 Å². The minimum atomic E-state index is -0.576. The van der Waals surface area contributed by atoms with Crippen LogP contribution >= 0.6 is 0 Å². The van der Waals surface area contributed by atoms with E-state index < -0.39 is 18.0 Å². The fraction of sp³-hybridized carbons (Fsp3) is 0.158. The van der Waals surface area contributed by atoms with Gasteiger partial charge in [0.05, 0.1) is 12.7 Å². The van der Waals surface area contributed by atoms with E-state index in [1.165, 1.54) is 31.4 Å². The lowest BCUT2D eigenvalue weighted by molar-refractivity contribution is 0.0600. The highest BCUT2D eigenvalue weighted by molar-refractivity contribution is 6.03. The van der Waals surface area contributed by atoms with Crippen LogP contribution in [0.1, 0.15) is 32.7 Å². The van der Waals surface area contributed by atoms with Gasteiger partial charge in [-0.25, -0.2) is 4.79 Å². The average molecular weight is 381 g/mol. The van der Waals surface area contributed by atoms with Gasteiger partial charge >= 0.3 is 12.0 Å². The molecule has 3 aromatic rings. The van der Waals surface area contributed by atoms with Crippen LogP contribution in [-0.2, 0) is 4.74 Å². The van der Waals surface area contributed by atoms with Crippen molar-refractivity contribution in [2.24, 2.45) is 0 Å². The third kappa shape index (κ3) is 3.50. The Morgan fingerprint density at radius 3 is 2.50 bits per heavy atom. The molecule has 1 unspecified atom stereocenters. The maximum absolute atomic E-state index is 12.3. The number of ether oxygens (including phenoxy) is 3. The molecule has 0 bridgehead atoms. The van der Waals surface area contributed by atoms with Crippen molar-refractivity contribution in [3.05, 3.63) is 65.5 Å². The molecule has 0 radical (unpaired) electrons. The van der Waals surface area contributed by atoms with E-state index in [4.69, 9.17) is 13.9 Å². The van der Waals surface area contributed by atoms with E-state index in [-0.39, 0.29) is 18.5 Å². The number of hydrogen-bond acceptors (Lipinski definition) is 8. The number of amides is 1. The summed E-state index contributed by atoms with van der Waals surface area (Å²) in [7, 11) is 1.29. The van der Waals surface area contributed by atoms with Gasteiger partial charge in [0.2, 0.25) is 6.10 Å². The van der Waals surface area contributed by atoms with Crippen LogP contribution in [0.2, 0.25) is 0 Å². The number of nitrogens with zero attached hydrogens (tertiary/aromatic N) is 2. The second kappa shape index (κ2) is 7.39. The lowest BCUT2D eigenvalue weighted by Crippen LogP contribution is -2.21. The molecular weight excluding hydrogens is 366 g/mol. The first-order chi connectivity index (χ1) is 13.6. The topological polar surface area (TPSA) is 113 Å². The summed E-state index contributed by atoms with van der Waals surface area (Å²) >= 11 is 0. The molecule has 0 saturated heterocycles. The van der Waals surface area contributed by atoms with Crippen molar-refractivity contribution < 1.29 is 28.2 Å². The van der Waals surface area contributed by atoms with E-state index in [0.29, 0.717) is 22.6 Å². The zero-order chi connectivity index (χ0) is 19.5. The maximum Gasteiger partial charge on any atom is 0.337 e. The molecule has 1 aliphatic heterocycles. The first-order valence-corrected chi connectivity index (χ1v) is 8.35. The third-order valence-electron chi connectivity index (χ3n) is 4.01. The van der Waals surface area contributed by atoms with E-state index in [2.05, 4.69) is 20.3 Å². The smallest absolute Gasteiger partial charge is 0.337 e. The molecule has 4 rings (SSSR count). The number of para-hydroxylation sites is 2. The predicted octanol–water partition coefficient (Wildman–Crippen LogP) is 2.62. The number of esters is 1. The van der Waals surface area contributed by atoms with Crippen LogP contribution in [0.25, 0.3) is 0 Å². The van der Waals surface area contributed by atoms with Crippen molar-refractivity contribution in [3.63, 3.8) is 0 Å². The Morgan fingerprint density at radius 2 is 1.75 bits per heavy atom. The Labute approximate surface area is 159 Å². The van der Waals surface area contributed by atoms with E-state index in [1.54, 1.807) is 12.1 Å². The molecule has 1 amide bonds. The Bertz CT molecular complexity index is 1010. The van der Waals surface area contributed by atoms with Crippen LogP contribution in [0.5, 0.6) is 11.5 Å². The minimum Gasteiger partial charge on any atom is -0.485 e. The molecular formula is C19H15N3O6. The Morgan fingerprint density at radius 1 is 1.04 bits per heavy atom. The van der Waals surface area contributed by atoms with Crippen molar-refractivity contribution in [2.75, 3.05) is 19.0 Å². The largest absolute Gasteiger partial charge is 0.485 e. The van der Waals surface area contributed by atoms with Gasteiger partial charge in [0.15, 0.2) is 11.5 Å². The second-order valence-electron chi connectivity index (χ2n) is 5.83. The molecule has 9 nitrogen and oxygen atoms in total. The molecule has 1 N–H and O–H groups in total. The quantitative estimate of drug-likeness (QED) is 0.686. The number of methoxy groups -OCH3 is 1. The number of nitrogens with one attached hydrogen (secondary N) is 1. The van der Waals surface area contributed by atoms with Crippen molar-refractivity contribution in [3.8, 4) is 11.5 Å². The lowest BCUT2D eigenvalue weighted by atomic mass is 10.1. The van der Waals surface area contributed by atoms with E-state index >= 15 is 0 Å². The van der Waals surface area contributed by atoms with Gasteiger partial charge in [0, 0.05) is 5.56 Å². The SMILES string of the molecule is COC(=O)c1ccc(C(=O)Nc2nnc(C3COc4ccccc4O3)o2)cc1. The molecule has 2 aromatic carbocycles. The zero-order valence-electron chi connectivity index (χ0n) is 14.7. The number of aromatic nitrogens is 2. The molecule has 9 heteroatoms. The molecule has 0 saturated carbocycles. The highest BCUT2D eigenvalue weighted by Gasteiger charge is 2.27. The van der Waals surface area contributed by atoms with Crippen LogP contribution in [-0.4, -0.2) is 35.8 Å². The van der Waals surface area contributed by atoms with Crippen LogP contribution < -0.4 is 14.8 Å². The summed E-state index contributed by atoms with van der Waals surface area (Å²) < 4.78 is 21.5. The maximum atomic E-state index is 12.3. The number of fused-ring (bicyclic) bond motifs is 1. The molecule has 2 heterocycles. The predicted molar refractivity (Wildman–Crippen MR) is 95.3 cm³/mol. The summed E-state index contributed by atoms with van der Waals surface area (Å²) in [6.45, 7) is 0.210. The summed E-state index contributed by atoms with van der Waals surface area (Å²) in [5.41, 5.74) is 0.660. The first kappa shape index (κ1) is 17.5. The van der Waals surface area contributed by atoms with Gasteiger partial charge in [-0.3, -0.25) is 10.1 Å². The first-order valence-electron chi connectivity index (χ1n) is 8.35. The molecule has 0 spiro atoms. The Balaban J connectivity index is 1.42. The summed E-state index contributed by atoms with van der Waals surface area (Å²) in [6, 6.07) is 13.2. The number of carbonyl (C=O) groups excluding carboxylic acids is 2. The standard InChI is InChI=1S/C19H15N3O6/c1-25-18(24)12-8-6-11(7-9-12)16(23)20-19-22-21-17(28-19)15-10-26-13-4-2-3-5-14(13)27-15/h2-9,15H,10H2,1H3,(H,20,22,23). The second-order valence-corrected chi connectivity index (χ2v) is 5.83. The van der Waals surface area contributed by atoms with Crippen molar-refractivity contribution >= 4 is 17.9 Å². The normalized spacial score (nSPS) is 15.0. The molecule has 1 aromatic heterocycles. The molecule has 0 aliphatic carbocycles. The number of anilines is 1. The molecule has 28 heavy (non-hydrogen) atoms. The van der Waals surface area contributed by atoms with Crippen LogP contribution in [0.3, 0.4) is 0 Å². The number of rotatable bonds is 4. The molecule has 0 fully saturated rings. The fourth-order valence-electron chi connectivity index (χ4n) is 2.60. The minimum absolute atomic E-state index is 0.0699. The highest BCUT2D eigenvalue weighted by atomic mass is 16.6. The van der Waals surface area contributed by atoms with Crippen molar-refractivity contribution in [1.29, 1.82) is 0 Å².